The maximum Gasteiger partial charge on any atom is 0.343 e. The second-order valence-electron chi connectivity index (χ2n) is 7.45. The molecule has 0 aliphatic heterocycles. The summed E-state index contributed by atoms with van der Waals surface area (Å²) in [6, 6.07) is 16.4. The van der Waals surface area contributed by atoms with Crippen molar-refractivity contribution < 1.29 is 24.2 Å². The van der Waals surface area contributed by atoms with E-state index in [1.165, 1.54) is 24.3 Å². The number of fused-ring (bicyclic) bond motifs is 1. The normalized spacial score (nSPS) is 11.8. The molecule has 156 valence electrons. The summed E-state index contributed by atoms with van der Waals surface area (Å²) in [4.78, 5) is 24.5. The first kappa shape index (κ1) is 21.4. The molecule has 0 aliphatic rings. The number of ether oxygens (including phenoxy) is 2. The van der Waals surface area contributed by atoms with Gasteiger partial charge >= 0.3 is 11.9 Å². The average Bonchev–Trinajstić information content (AvgIpc) is 2.76. The number of phenolic OH excluding ortho intramolecular Hbond substituents is 1. The molecule has 0 saturated heterocycles. The summed E-state index contributed by atoms with van der Waals surface area (Å²) in [5, 5.41) is 11.0. The summed E-state index contributed by atoms with van der Waals surface area (Å²) in [5.41, 5.74) is 0.846. The highest BCUT2D eigenvalue weighted by molar-refractivity contribution is 5.96. The van der Waals surface area contributed by atoms with Crippen LogP contribution in [0.1, 0.15) is 53.8 Å². The van der Waals surface area contributed by atoms with E-state index in [0.29, 0.717) is 29.4 Å². The van der Waals surface area contributed by atoms with Crippen LogP contribution in [-0.4, -0.2) is 23.7 Å². The van der Waals surface area contributed by atoms with Crippen molar-refractivity contribution in [3.63, 3.8) is 0 Å². The van der Waals surface area contributed by atoms with Crippen LogP contribution in [0.3, 0.4) is 0 Å². The van der Waals surface area contributed by atoms with Gasteiger partial charge in [-0.15, -0.1) is 0 Å². The van der Waals surface area contributed by atoms with Crippen molar-refractivity contribution in [1.82, 2.24) is 0 Å². The fourth-order valence-electron chi connectivity index (χ4n) is 3.06. The van der Waals surface area contributed by atoms with E-state index in [2.05, 4.69) is 13.8 Å². The van der Waals surface area contributed by atoms with E-state index >= 15 is 0 Å². The number of carbonyl (C=O) groups is 2. The van der Waals surface area contributed by atoms with Crippen molar-refractivity contribution in [3.05, 3.63) is 71.8 Å². The van der Waals surface area contributed by atoms with Gasteiger partial charge in [0.15, 0.2) is 0 Å². The zero-order valence-electron chi connectivity index (χ0n) is 17.3. The van der Waals surface area contributed by atoms with Crippen LogP contribution in [0, 0.1) is 5.92 Å². The highest BCUT2D eigenvalue weighted by Gasteiger charge is 2.11. The maximum absolute atomic E-state index is 12.3. The monoisotopic (exact) mass is 406 g/mol. The third-order valence-electron chi connectivity index (χ3n) is 5.13. The number of phenols is 1. The second kappa shape index (κ2) is 9.92. The number of rotatable bonds is 8. The van der Waals surface area contributed by atoms with Crippen LogP contribution in [0.4, 0.5) is 0 Å². The summed E-state index contributed by atoms with van der Waals surface area (Å²) < 4.78 is 10.8. The highest BCUT2D eigenvalue weighted by atomic mass is 16.5. The van der Waals surface area contributed by atoms with Gasteiger partial charge in [-0.25, -0.2) is 9.59 Å². The average molecular weight is 406 g/mol. The smallest absolute Gasteiger partial charge is 0.343 e. The van der Waals surface area contributed by atoms with Crippen LogP contribution < -0.4 is 4.74 Å². The lowest BCUT2D eigenvalue weighted by molar-refractivity contribution is 0.0494. The molecule has 0 fully saturated rings. The van der Waals surface area contributed by atoms with E-state index in [4.69, 9.17) is 9.47 Å². The van der Waals surface area contributed by atoms with E-state index in [1.807, 2.05) is 6.07 Å². The Morgan fingerprint density at radius 1 is 0.900 bits per heavy atom. The summed E-state index contributed by atoms with van der Waals surface area (Å²) >= 11 is 0. The van der Waals surface area contributed by atoms with Crippen LogP contribution >= 0.6 is 0 Å². The number of carbonyl (C=O) groups excluding carboxylic acids is 2. The molecule has 0 radical (unpaired) electrons. The predicted molar refractivity (Wildman–Crippen MR) is 116 cm³/mol. The molecule has 5 nitrogen and oxygen atoms in total. The highest BCUT2D eigenvalue weighted by Crippen LogP contribution is 2.23. The Labute approximate surface area is 176 Å². The van der Waals surface area contributed by atoms with E-state index in [1.54, 1.807) is 30.3 Å². The summed E-state index contributed by atoms with van der Waals surface area (Å²) in [5.74, 6) is 0.292. The summed E-state index contributed by atoms with van der Waals surface area (Å²) in [7, 11) is 0. The minimum absolute atomic E-state index is 0.0853. The molecular formula is C25H26O5. The molecule has 0 amide bonds. The van der Waals surface area contributed by atoms with E-state index in [-0.39, 0.29) is 11.7 Å². The van der Waals surface area contributed by atoms with Gasteiger partial charge in [0.1, 0.15) is 11.5 Å². The molecule has 0 bridgehead atoms. The summed E-state index contributed by atoms with van der Waals surface area (Å²) in [6.07, 6.45) is 3.04. The van der Waals surface area contributed by atoms with Crippen molar-refractivity contribution in [1.29, 1.82) is 0 Å². The van der Waals surface area contributed by atoms with Crippen LogP contribution in [0.2, 0.25) is 0 Å². The molecule has 1 atom stereocenters. The van der Waals surface area contributed by atoms with E-state index < -0.39 is 5.97 Å². The molecule has 0 heterocycles. The molecule has 30 heavy (non-hydrogen) atoms. The maximum atomic E-state index is 12.3. The van der Waals surface area contributed by atoms with Gasteiger partial charge in [-0.2, -0.15) is 0 Å². The molecule has 3 rings (SSSR count). The van der Waals surface area contributed by atoms with E-state index in [9.17, 15) is 14.7 Å². The lowest BCUT2D eigenvalue weighted by atomic mass is 10.0. The largest absolute Gasteiger partial charge is 0.508 e. The quantitative estimate of drug-likeness (QED) is 0.293. The Kier molecular flexibility index (Phi) is 7.07. The van der Waals surface area contributed by atoms with Crippen LogP contribution in [0.5, 0.6) is 11.5 Å². The Morgan fingerprint density at radius 2 is 1.57 bits per heavy atom. The molecule has 0 aromatic heterocycles. The van der Waals surface area contributed by atoms with Gasteiger partial charge in [-0.3, -0.25) is 0 Å². The van der Waals surface area contributed by atoms with Crippen molar-refractivity contribution in [2.24, 2.45) is 5.92 Å². The second-order valence-corrected chi connectivity index (χ2v) is 7.45. The Hall–Kier alpha value is -3.34. The Bertz CT molecular complexity index is 1020. The van der Waals surface area contributed by atoms with Crippen molar-refractivity contribution in [2.75, 3.05) is 6.61 Å². The van der Waals surface area contributed by atoms with Crippen molar-refractivity contribution >= 4 is 22.7 Å². The zero-order valence-corrected chi connectivity index (χ0v) is 17.3. The van der Waals surface area contributed by atoms with Gasteiger partial charge in [-0.05, 0) is 78.1 Å². The fraction of sp³-hybridized carbons (Fsp3) is 0.280. The third-order valence-corrected chi connectivity index (χ3v) is 5.13. The fourth-order valence-corrected chi connectivity index (χ4v) is 3.06. The standard InChI is InChI=1S/C25H26O5/c1-3-17(2)5-4-14-29-24(27)21-7-6-20-16-23(13-10-19(20)15-21)30-25(28)18-8-11-22(26)12-9-18/h6-13,15-17,26H,3-5,14H2,1-2H3/t17-/m1/s1. The first-order valence-corrected chi connectivity index (χ1v) is 10.2. The molecule has 3 aromatic rings. The first-order chi connectivity index (χ1) is 14.5. The number of hydrogen-bond acceptors (Lipinski definition) is 5. The molecule has 0 aliphatic carbocycles. The molecular weight excluding hydrogens is 380 g/mol. The number of esters is 2. The van der Waals surface area contributed by atoms with Gasteiger partial charge in [0.05, 0.1) is 17.7 Å². The molecule has 1 N–H and O–H groups in total. The van der Waals surface area contributed by atoms with E-state index in [0.717, 1.165) is 30.0 Å². The van der Waals surface area contributed by atoms with Gasteiger partial charge in [0.2, 0.25) is 0 Å². The Balaban J connectivity index is 1.63. The van der Waals surface area contributed by atoms with Gasteiger partial charge < -0.3 is 14.6 Å². The Morgan fingerprint density at radius 3 is 2.30 bits per heavy atom. The molecule has 5 heteroatoms. The van der Waals surface area contributed by atoms with Crippen LogP contribution in [-0.2, 0) is 4.74 Å². The van der Waals surface area contributed by atoms with Gasteiger partial charge in [0, 0.05) is 0 Å². The van der Waals surface area contributed by atoms with Gasteiger partial charge in [-0.1, -0.05) is 32.4 Å². The predicted octanol–water partition coefficient (Wildman–Crippen LogP) is 5.75. The molecule has 0 spiro atoms. The number of benzene rings is 3. The van der Waals surface area contributed by atoms with Crippen molar-refractivity contribution in [3.8, 4) is 11.5 Å². The lowest BCUT2D eigenvalue weighted by Crippen LogP contribution is -2.08. The van der Waals surface area contributed by atoms with Gasteiger partial charge in [0.25, 0.3) is 0 Å². The molecule has 3 aromatic carbocycles. The third kappa shape index (κ3) is 5.60. The lowest BCUT2D eigenvalue weighted by Gasteiger charge is -2.09. The number of hydrogen-bond donors (Lipinski definition) is 1. The SMILES string of the molecule is CC[C@@H](C)CCCOC(=O)c1ccc2cc(OC(=O)c3ccc(O)cc3)ccc2c1. The molecule has 0 unspecified atom stereocenters. The number of aromatic hydroxyl groups is 1. The topological polar surface area (TPSA) is 72.8 Å². The van der Waals surface area contributed by atoms with Crippen LogP contribution in [0.25, 0.3) is 10.8 Å². The first-order valence-electron chi connectivity index (χ1n) is 10.2. The van der Waals surface area contributed by atoms with Crippen LogP contribution in [0.15, 0.2) is 60.7 Å². The minimum Gasteiger partial charge on any atom is -0.508 e. The zero-order chi connectivity index (χ0) is 21.5. The van der Waals surface area contributed by atoms with Crippen molar-refractivity contribution in [2.45, 2.75) is 33.1 Å². The minimum atomic E-state index is -0.507. The molecule has 0 saturated carbocycles. The summed E-state index contributed by atoms with van der Waals surface area (Å²) in [6.45, 7) is 4.78.